The SMILES string of the molecule is Cc1ccc(-c2noc(CCNC(=O)c3cccnc3)n2)cc1. The van der Waals surface area contributed by atoms with Gasteiger partial charge in [-0.15, -0.1) is 0 Å². The summed E-state index contributed by atoms with van der Waals surface area (Å²) >= 11 is 0. The smallest absolute Gasteiger partial charge is 0.252 e. The lowest BCUT2D eigenvalue weighted by atomic mass is 10.1. The van der Waals surface area contributed by atoms with Gasteiger partial charge < -0.3 is 9.84 Å². The first-order valence-corrected chi connectivity index (χ1v) is 7.30. The van der Waals surface area contributed by atoms with Crippen molar-refractivity contribution in [2.45, 2.75) is 13.3 Å². The molecular formula is C17H16N4O2. The molecule has 0 aliphatic carbocycles. The number of amides is 1. The third-order valence-corrected chi connectivity index (χ3v) is 3.33. The number of pyridine rings is 1. The molecule has 0 saturated heterocycles. The molecule has 0 aliphatic rings. The normalized spacial score (nSPS) is 10.5. The van der Waals surface area contributed by atoms with Crippen molar-refractivity contribution >= 4 is 5.91 Å². The number of rotatable bonds is 5. The van der Waals surface area contributed by atoms with Gasteiger partial charge in [-0.05, 0) is 19.1 Å². The minimum absolute atomic E-state index is 0.170. The number of aryl methyl sites for hydroxylation is 1. The summed E-state index contributed by atoms with van der Waals surface area (Å²) in [6.45, 7) is 2.44. The Morgan fingerprint density at radius 3 is 2.78 bits per heavy atom. The molecule has 3 aromatic rings. The third-order valence-electron chi connectivity index (χ3n) is 3.33. The van der Waals surface area contributed by atoms with Crippen molar-refractivity contribution in [1.29, 1.82) is 0 Å². The molecule has 2 heterocycles. The maximum atomic E-state index is 11.9. The third kappa shape index (κ3) is 3.79. The molecule has 1 N–H and O–H groups in total. The summed E-state index contributed by atoms with van der Waals surface area (Å²) in [7, 11) is 0. The summed E-state index contributed by atoms with van der Waals surface area (Å²) in [5, 5.41) is 6.76. The monoisotopic (exact) mass is 308 g/mol. The van der Waals surface area contributed by atoms with E-state index >= 15 is 0 Å². The molecule has 0 aliphatic heterocycles. The lowest BCUT2D eigenvalue weighted by Gasteiger charge is -2.02. The van der Waals surface area contributed by atoms with E-state index in [4.69, 9.17) is 4.52 Å². The molecule has 0 radical (unpaired) electrons. The van der Waals surface area contributed by atoms with Crippen molar-refractivity contribution in [1.82, 2.24) is 20.4 Å². The van der Waals surface area contributed by atoms with Crippen molar-refractivity contribution in [3.05, 3.63) is 65.8 Å². The molecule has 2 aromatic heterocycles. The highest BCUT2D eigenvalue weighted by atomic mass is 16.5. The van der Waals surface area contributed by atoms with Crippen LogP contribution in [-0.4, -0.2) is 27.6 Å². The quantitative estimate of drug-likeness (QED) is 0.783. The van der Waals surface area contributed by atoms with Gasteiger partial charge >= 0.3 is 0 Å². The molecule has 0 unspecified atom stereocenters. The predicted octanol–water partition coefficient (Wildman–Crippen LogP) is 2.41. The molecule has 0 atom stereocenters. The number of benzene rings is 1. The molecule has 6 heteroatoms. The van der Waals surface area contributed by atoms with E-state index < -0.39 is 0 Å². The second-order valence-electron chi connectivity index (χ2n) is 5.13. The lowest BCUT2D eigenvalue weighted by Crippen LogP contribution is -2.25. The highest BCUT2D eigenvalue weighted by molar-refractivity contribution is 5.93. The first-order chi connectivity index (χ1) is 11.2. The van der Waals surface area contributed by atoms with Crippen LogP contribution in [-0.2, 0) is 6.42 Å². The van der Waals surface area contributed by atoms with Gasteiger partial charge in [0.1, 0.15) is 0 Å². The highest BCUT2D eigenvalue weighted by Crippen LogP contribution is 2.16. The van der Waals surface area contributed by atoms with Crippen molar-refractivity contribution in [2.24, 2.45) is 0 Å². The fourth-order valence-electron chi connectivity index (χ4n) is 2.06. The van der Waals surface area contributed by atoms with E-state index in [1.54, 1.807) is 18.3 Å². The Morgan fingerprint density at radius 1 is 1.22 bits per heavy atom. The molecule has 116 valence electrons. The highest BCUT2D eigenvalue weighted by Gasteiger charge is 2.09. The van der Waals surface area contributed by atoms with E-state index in [0.29, 0.717) is 30.2 Å². The minimum Gasteiger partial charge on any atom is -0.351 e. The Kier molecular flexibility index (Phi) is 4.42. The lowest BCUT2D eigenvalue weighted by molar-refractivity contribution is 0.0953. The van der Waals surface area contributed by atoms with E-state index in [1.165, 1.54) is 11.8 Å². The number of nitrogens with one attached hydrogen (secondary N) is 1. The first kappa shape index (κ1) is 14.9. The zero-order valence-electron chi connectivity index (χ0n) is 12.7. The zero-order chi connectivity index (χ0) is 16.1. The molecule has 3 rings (SSSR count). The van der Waals surface area contributed by atoms with E-state index in [-0.39, 0.29) is 5.91 Å². The van der Waals surface area contributed by atoms with Crippen molar-refractivity contribution in [3.8, 4) is 11.4 Å². The molecule has 0 spiro atoms. The second kappa shape index (κ2) is 6.83. The number of nitrogens with zero attached hydrogens (tertiary/aromatic N) is 3. The molecule has 1 aromatic carbocycles. The Morgan fingerprint density at radius 2 is 2.04 bits per heavy atom. The fourth-order valence-corrected chi connectivity index (χ4v) is 2.06. The summed E-state index contributed by atoms with van der Waals surface area (Å²) < 4.78 is 5.21. The number of aromatic nitrogens is 3. The number of carbonyl (C=O) groups is 1. The van der Waals surface area contributed by atoms with Crippen LogP contribution in [0.3, 0.4) is 0 Å². The maximum Gasteiger partial charge on any atom is 0.252 e. The minimum atomic E-state index is -0.170. The zero-order valence-corrected chi connectivity index (χ0v) is 12.7. The van der Waals surface area contributed by atoms with Crippen molar-refractivity contribution in [2.75, 3.05) is 6.54 Å². The van der Waals surface area contributed by atoms with Gasteiger partial charge in [0.05, 0.1) is 5.56 Å². The molecule has 23 heavy (non-hydrogen) atoms. The maximum absolute atomic E-state index is 11.9. The van der Waals surface area contributed by atoms with Crippen molar-refractivity contribution < 1.29 is 9.32 Å². The Bertz CT molecular complexity index is 782. The van der Waals surface area contributed by atoms with Crippen molar-refractivity contribution in [3.63, 3.8) is 0 Å². The fraction of sp³-hybridized carbons (Fsp3) is 0.176. The summed E-state index contributed by atoms with van der Waals surface area (Å²) in [4.78, 5) is 20.1. The summed E-state index contributed by atoms with van der Waals surface area (Å²) in [5.41, 5.74) is 2.61. The largest absolute Gasteiger partial charge is 0.351 e. The van der Waals surface area contributed by atoms with Crippen LogP contribution in [0.5, 0.6) is 0 Å². The van der Waals surface area contributed by atoms with E-state index in [2.05, 4.69) is 20.4 Å². The van der Waals surface area contributed by atoms with Gasteiger partial charge in [0, 0.05) is 30.9 Å². The van der Waals surface area contributed by atoms with Gasteiger partial charge in [-0.2, -0.15) is 4.98 Å². The van der Waals surface area contributed by atoms with Gasteiger partial charge in [-0.3, -0.25) is 9.78 Å². The summed E-state index contributed by atoms with van der Waals surface area (Å²) in [6, 6.07) is 11.3. The topological polar surface area (TPSA) is 80.9 Å². The molecular weight excluding hydrogens is 292 g/mol. The molecule has 6 nitrogen and oxygen atoms in total. The van der Waals surface area contributed by atoms with Crippen LogP contribution < -0.4 is 5.32 Å². The van der Waals surface area contributed by atoms with Crippen LogP contribution in [0.25, 0.3) is 11.4 Å². The summed E-state index contributed by atoms with van der Waals surface area (Å²) in [6.07, 6.45) is 3.63. The average Bonchev–Trinajstić information content (AvgIpc) is 3.05. The van der Waals surface area contributed by atoms with Gasteiger partial charge in [-0.1, -0.05) is 35.0 Å². The van der Waals surface area contributed by atoms with Crippen LogP contribution in [0, 0.1) is 6.92 Å². The number of hydrogen-bond acceptors (Lipinski definition) is 5. The molecule has 0 fully saturated rings. The van der Waals surface area contributed by atoms with Crippen LogP contribution in [0.2, 0.25) is 0 Å². The number of hydrogen-bond donors (Lipinski definition) is 1. The first-order valence-electron chi connectivity index (χ1n) is 7.30. The Balaban J connectivity index is 1.55. The molecule has 0 saturated carbocycles. The molecule has 1 amide bonds. The standard InChI is InChI=1S/C17H16N4O2/c1-12-4-6-13(7-5-12)16-20-15(23-21-16)8-10-19-17(22)14-3-2-9-18-11-14/h2-7,9,11H,8,10H2,1H3,(H,19,22). The molecule has 0 bridgehead atoms. The van der Waals surface area contributed by atoms with Gasteiger partial charge in [0.15, 0.2) is 0 Å². The van der Waals surface area contributed by atoms with Gasteiger partial charge in [-0.25, -0.2) is 0 Å². The van der Waals surface area contributed by atoms with E-state index in [1.807, 2.05) is 31.2 Å². The Labute approximate surface area is 133 Å². The van der Waals surface area contributed by atoms with Crippen LogP contribution >= 0.6 is 0 Å². The summed E-state index contributed by atoms with van der Waals surface area (Å²) in [5.74, 6) is 0.877. The van der Waals surface area contributed by atoms with E-state index in [9.17, 15) is 4.79 Å². The Hall–Kier alpha value is -3.02. The van der Waals surface area contributed by atoms with E-state index in [0.717, 1.165) is 5.56 Å². The number of carbonyl (C=O) groups excluding carboxylic acids is 1. The van der Waals surface area contributed by atoms with Gasteiger partial charge in [0.25, 0.3) is 5.91 Å². The van der Waals surface area contributed by atoms with Gasteiger partial charge in [0.2, 0.25) is 11.7 Å². The second-order valence-corrected chi connectivity index (χ2v) is 5.13. The average molecular weight is 308 g/mol. The van der Waals surface area contributed by atoms with Crippen LogP contribution in [0.4, 0.5) is 0 Å². The predicted molar refractivity (Wildman–Crippen MR) is 84.7 cm³/mol. The van der Waals surface area contributed by atoms with Crippen LogP contribution in [0.1, 0.15) is 21.8 Å². The van der Waals surface area contributed by atoms with Crippen LogP contribution in [0.15, 0.2) is 53.3 Å².